The van der Waals surface area contributed by atoms with E-state index in [1.807, 2.05) is 18.2 Å². The number of hydrogen-bond acceptors (Lipinski definition) is 4. The van der Waals surface area contributed by atoms with Crippen LogP contribution >= 0.6 is 0 Å². The van der Waals surface area contributed by atoms with Gasteiger partial charge in [0, 0.05) is 31.9 Å². The highest BCUT2D eigenvalue weighted by atomic mass is 32.2. The maximum absolute atomic E-state index is 12.1. The van der Waals surface area contributed by atoms with Crippen LogP contribution in [0.4, 0.5) is 0 Å². The highest BCUT2D eigenvalue weighted by Gasteiger charge is 2.30. The van der Waals surface area contributed by atoms with Crippen LogP contribution in [0.1, 0.15) is 18.5 Å². The average Bonchev–Trinajstić information content (AvgIpc) is 2.36. The lowest BCUT2D eigenvalue weighted by Gasteiger charge is -2.34. The van der Waals surface area contributed by atoms with Crippen molar-refractivity contribution in [2.75, 3.05) is 19.3 Å². The van der Waals surface area contributed by atoms with Gasteiger partial charge in [0.2, 0.25) is 10.0 Å². The summed E-state index contributed by atoms with van der Waals surface area (Å²) in [7, 11) is -1.63. The molecule has 1 heterocycles. The van der Waals surface area contributed by atoms with Gasteiger partial charge in [-0.05, 0) is 30.9 Å². The van der Waals surface area contributed by atoms with Gasteiger partial charge in [0.15, 0.2) is 0 Å². The Labute approximate surface area is 114 Å². The number of aliphatic hydroxyl groups excluding tert-OH is 1. The number of aliphatic hydroxyl groups is 1. The van der Waals surface area contributed by atoms with Crippen LogP contribution in [0.15, 0.2) is 24.4 Å². The first kappa shape index (κ1) is 14.4. The normalized spacial score (nSPS) is 23.3. The second-order valence-electron chi connectivity index (χ2n) is 5.16. The molecule has 1 aliphatic carbocycles. The smallest absolute Gasteiger partial charge is 0.214 e. The molecule has 5 nitrogen and oxygen atoms in total. The van der Waals surface area contributed by atoms with E-state index in [0.717, 1.165) is 5.69 Å². The maximum Gasteiger partial charge on any atom is 0.214 e. The van der Waals surface area contributed by atoms with Gasteiger partial charge in [-0.2, -0.15) is 0 Å². The lowest BCUT2D eigenvalue weighted by molar-refractivity contribution is 0.0367. The zero-order valence-electron chi connectivity index (χ0n) is 11.1. The maximum atomic E-state index is 12.1. The Morgan fingerprint density at radius 3 is 2.74 bits per heavy atom. The van der Waals surface area contributed by atoms with Crippen molar-refractivity contribution in [1.82, 2.24) is 9.29 Å². The molecule has 0 unspecified atom stereocenters. The van der Waals surface area contributed by atoms with Crippen molar-refractivity contribution in [2.24, 2.45) is 5.92 Å². The summed E-state index contributed by atoms with van der Waals surface area (Å²) in [5.74, 6) is 0.375. The van der Waals surface area contributed by atoms with Crippen molar-refractivity contribution in [2.45, 2.75) is 25.4 Å². The summed E-state index contributed by atoms with van der Waals surface area (Å²) < 4.78 is 25.6. The van der Waals surface area contributed by atoms with Gasteiger partial charge in [-0.25, -0.2) is 12.7 Å². The highest BCUT2D eigenvalue weighted by molar-refractivity contribution is 7.89. The Balaban J connectivity index is 1.84. The minimum atomic E-state index is -3.24. The molecule has 1 N–H and O–H groups in total. The fourth-order valence-electron chi connectivity index (χ4n) is 2.26. The lowest BCUT2D eigenvalue weighted by atomic mass is 9.82. The fraction of sp³-hybridized carbons (Fsp3) is 0.615. The van der Waals surface area contributed by atoms with Gasteiger partial charge in [-0.1, -0.05) is 6.07 Å². The second kappa shape index (κ2) is 5.98. The van der Waals surface area contributed by atoms with Crippen molar-refractivity contribution in [3.05, 3.63) is 30.1 Å². The SMILES string of the molecule is CN(CC1CC(O)C1)S(=O)(=O)CCc1ccccn1. The summed E-state index contributed by atoms with van der Waals surface area (Å²) in [6.45, 7) is 0.502. The molecule has 6 heteroatoms. The molecule has 0 spiro atoms. The van der Waals surface area contributed by atoms with E-state index in [9.17, 15) is 13.5 Å². The predicted octanol–water partition coefficient (Wildman–Crippen LogP) is 0.657. The summed E-state index contributed by atoms with van der Waals surface area (Å²) in [6, 6.07) is 5.50. The second-order valence-corrected chi connectivity index (χ2v) is 7.35. The van der Waals surface area contributed by atoms with Crippen LogP contribution in [0.3, 0.4) is 0 Å². The van der Waals surface area contributed by atoms with Crippen LogP contribution in [-0.2, 0) is 16.4 Å². The van der Waals surface area contributed by atoms with Gasteiger partial charge < -0.3 is 5.11 Å². The third kappa shape index (κ3) is 3.99. The Hall–Kier alpha value is -0.980. The van der Waals surface area contributed by atoms with Gasteiger partial charge in [0.25, 0.3) is 0 Å². The molecule has 1 aliphatic rings. The van der Waals surface area contributed by atoms with Crippen molar-refractivity contribution in [3.63, 3.8) is 0 Å². The zero-order chi connectivity index (χ0) is 13.9. The molecule has 1 fully saturated rings. The minimum Gasteiger partial charge on any atom is -0.393 e. The van der Waals surface area contributed by atoms with E-state index >= 15 is 0 Å². The number of aryl methyl sites for hydroxylation is 1. The lowest BCUT2D eigenvalue weighted by Crippen LogP contribution is -2.40. The number of nitrogens with zero attached hydrogens (tertiary/aromatic N) is 2. The number of pyridine rings is 1. The van der Waals surface area contributed by atoms with Crippen molar-refractivity contribution in [1.29, 1.82) is 0 Å². The summed E-state index contributed by atoms with van der Waals surface area (Å²) in [5, 5.41) is 9.21. The number of hydrogen-bond donors (Lipinski definition) is 1. The fourth-order valence-corrected chi connectivity index (χ4v) is 3.48. The van der Waals surface area contributed by atoms with Gasteiger partial charge in [0.1, 0.15) is 0 Å². The van der Waals surface area contributed by atoms with Gasteiger partial charge >= 0.3 is 0 Å². The monoisotopic (exact) mass is 284 g/mol. The molecular weight excluding hydrogens is 264 g/mol. The molecule has 0 aromatic carbocycles. The summed E-state index contributed by atoms with van der Waals surface area (Å²) >= 11 is 0. The van der Waals surface area contributed by atoms with E-state index in [4.69, 9.17) is 0 Å². The van der Waals surface area contributed by atoms with Gasteiger partial charge in [-0.15, -0.1) is 0 Å². The van der Waals surface area contributed by atoms with Crippen LogP contribution in [-0.4, -0.2) is 48.3 Å². The Kier molecular flexibility index (Phi) is 4.54. The first-order chi connectivity index (χ1) is 8.97. The minimum absolute atomic E-state index is 0.0792. The molecular formula is C13H20N2O3S. The van der Waals surface area contributed by atoms with Crippen LogP contribution in [0.25, 0.3) is 0 Å². The van der Waals surface area contributed by atoms with E-state index in [-0.39, 0.29) is 11.9 Å². The molecule has 0 aliphatic heterocycles. The molecule has 0 radical (unpaired) electrons. The van der Waals surface area contributed by atoms with E-state index in [0.29, 0.717) is 31.7 Å². The first-order valence-corrected chi connectivity index (χ1v) is 8.10. The van der Waals surface area contributed by atoms with Crippen molar-refractivity contribution in [3.8, 4) is 0 Å². The summed E-state index contributed by atoms with van der Waals surface area (Å²) in [6.07, 6.45) is 3.28. The van der Waals surface area contributed by atoms with Crippen LogP contribution in [0, 0.1) is 5.92 Å². The van der Waals surface area contributed by atoms with Crippen LogP contribution in [0.5, 0.6) is 0 Å². The number of rotatable bonds is 6. The summed E-state index contributed by atoms with van der Waals surface area (Å²) in [5.41, 5.74) is 0.790. The standard InChI is InChI=1S/C13H20N2O3S/c1-15(10-11-8-13(16)9-11)19(17,18)7-5-12-4-2-3-6-14-12/h2-4,6,11,13,16H,5,7-10H2,1H3. The molecule has 0 saturated heterocycles. The van der Waals surface area contributed by atoms with E-state index in [2.05, 4.69) is 4.98 Å². The van der Waals surface area contributed by atoms with E-state index < -0.39 is 10.0 Å². The molecule has 0 amide bonds. The molecule has 19 heavy (non-hydrogen) atoms. The predicted molar refractivity (Wildman–Crippen MR) is 73.1 cm³/mol. The van der Waals surface area contributed by atoms with E-state index in [1.165, 1.54) is 4.31 Å². The topological polar surface area (TPSA) is 70.5 Å². The Morgan fingerprint density at radius 2 is 2.16 bits per heavy atom. The number of aromatic nitrogens is 1. The van der Waals surface area contributed by atoms with Gasteiger partial charge in [-0.3, -0.25) is 4.98 Å². The molecule has 0 atom stereocenters. The van der Waals surface area contributed by atoms with E-state index in [1.54, 1.807) is 13.2 Å². The van der Waals surface area contributed by atoms with Crippen molar-refractivity contribution < 1.29 is 13.5 Å². The molecule has 0 bridgehead atoms. The molecule has 2 rings (SSSR count). The molecule has 1 aromatic heterocycles. The van der Waals surface area contributed by atoms with Gasteiger partial charge in [0.05, 0.1) is 11.9 Å². The third-order valence-electron chi connectivity index (χ3n) is 3.54. The quantitative estimate of drug-likeness (QED) is 0.833. The first-order valence-electron chi connectivity index (χ1n) is 6.49. The molecule has 1 aromatic rings. The molecule has 106 valence electrons. The number of sulfonamides is 1. The van der Waals surface area contributed by atoms with Crippen LogP contribution in [0.2, 0.25) is 0 Å². The Morgan fingerprint density at radius 1 is 1.42 bits per heavy atom. The third-order valence-corrected chi connectivity index (χ3v) is 5.36. The Bertz CT molecular complexity index is 498. The summed E-state index contributed by atoms with van der Waals surface area (Å²) in [4.78, 5) is 4.12. The zero-order valence-corrected chi connectivity index (χ0v) is 11.9. The van der Waals surface area contributed by atoms with Crippen molar-refractivity contribution >= 4 is 10.0 Å². The highest BCUT2D eigenvalue weighted by Crippen LogP contribution is 2.28. The average molecular weight is 284 g/mol. The largest absolute Gasteiger partial charge is 0.393 e. The van der Waals surface area contributed by atoms with Crippen LogP contribution < -0.4 is 0 Å². The molecule has 1 saturated carbocycles.